The van der Waals surface area contributed by atoms with Crippen molar-refractivity contribution in [1.82, 2.24) is 5.32 Å². The molecule has 1 N–H and O–H groups in total. The van der Waals surface area contributed by atoms with Gasteiger partial charge in [0.15, 0.2) is 11.5 Å². The summed E-state index contributed by atoms with van der Waals surface area (Å²) in [5.41, 5.74) is 2.88. The first-order valence-corrected chi connectivity index (χ1v) is 9.26. The van der Waals surface area contributed by atoms with Gasteiger partial charge in [0.05, 0.1) is 26.2 Å². The average molecular weight is 375 g/mol. The van der Waals surface area contributed by atoms with Crippen molar-refractivity contribution in [3.8, 4) is 11.5 Å². The van der Waals surface area contributed by atoms with Gasteiger partial charge < -0.3 is 14.8 Å². The van der Waals surface area contributed by atoms with E-state index in [1.165, 1.54) is 0 Å². The Morgan fingerprint density at radius 2 is 1.29 bits per heavy atom. The quantitative estimate of drug-likeness (QED) is 0.650. The van der Waals surface area contributed by atoms with Crippen molar-refractivity contribution in [3.63, 3.8) is 0 Å². The molecule has 0 unspecified atom stereocenters. The molecule has 4 heteroatoms. The SMILES string of the molecule is COc1ccc([C@H](C)NC(=O)C(c2ccccc2)c2ccccc2)cc1OC. The number of ether oxygens (including phenoxy) is 2. The Labute approximate surface area is 166 Å². The largest absolute Gasteiger partial charge is 0.493 e. The zero-order valence-electron chi connectivity index (χ0n) is 16.4. The van der Waals surface area contributed by atoms with Crippen LogP contribution in [-0.2, 0) is 4.79 Å². The summed E-state index contributed by atoms with van der Waals surface area (Å²) < 4.78 is 10.7. The molecule has 0 spiro atoms. The van der Waals surface area contributed by atoms with Crippen LogP contribution in [0.5, 0.6) is 11.5 Å². The Bertz CT molecular complexity index is 870. The molecule has 0 saturated heterocycles. The second-order valence-electron chi connectivity index (χ2n) is 6.60. The standard InChI is InChI=1S/C24H25NO3/c1-17(20-14-15-21(27-2)22(16-20)28-3)25-24(26)23(18-10-6-4-7-11-18)19-12-8-5-9-13-19/h4-17,23H,1-3H3,(H,25,26)/t17-/m0/s1. The molecule has 0 radical (unpaired) electrons. The van der Waals surface area contributed by atoms with E-state index in [2.05, 4.69) is 5.32 Å². The van der Waals surface area contributed by atoms with Gasteiger partial charge in [-0.25, -0.2) is 0 Å². The molecule has 1 atom stereocenters. The second-order valence-corrected chi connectivity index (χ2v) is 6.60. The van der Waals surface area contributed by atoms with Crippen molar-refractivity contribution in [1.29, 1.82) is 0 Å². The van der Waals surface area contributed by atoms with Crippen LogP contribution in [0.4, 0.5) is 0 Å². The molecular formula is C24H25NO3. The maximum Gasteiger partial charge on any atom is 0.232 e. The fraction of sp³-hybridized carbons (Fsp3) is 0.208. The van der Waals surface area contributed by atoms with E-state index in [9.17, 15) is 4.79 Å². The first kappa shape index (κ1) is 19.5. The van der Waals surface area contributed by atoms with Crippen LogP contribution in [0.25, 0.3) is 0 Å². The molecule has 0 bridgehead atoms. The van der Waals surface area contributed by atoms with E-state index in [1.807, 2.05) is 85.8 Å². The van der Waals surface area contributed by atoms with Gasteiger partial charge in [-0.3, -0.25) is 4.79 Å². The minimum atomic E-state index is -0.370. The topological polar surface area (TPSA) is 47.6 Å². The van der Waals surface area contributed by atoms with E-state index >= 15 is 0 Å². The lowest BCUT2D eigenvalue weighted by Crippen LogP contribution is -2.32. The number of rotatable bonds is 7. The summed E-state index contributed by atoms with van der Waals surface area (Å²) in [7, 11) is 3.21. The third-order valence-electron chi connectivity index (χ3n) is 4.79. The molecule has 4 nitrogen and oxygen atoms in total. The van der Waals surface area contributed by atoms with Crippen molar-refractivity contribution < 1.29 is 14.3 Å². The fourth-order valence-electron chi connectivity index (χ4n) is 3.29. The van der Waals surface area contributed by atoms with Gasteiger partial charge in [-0.2, -0.15) is 0 Å². The molecule has 0 aliphatic rings. The van der Waals surface area contributed by atoms with Crippen molar-refractivity contribution in [3.05, 3.63) is 95.6 Å². The fourth-order valence-corrected chi connectivity index (χ4v) is 3.29. The molecule has 0 aliphatic carbocycles. The number of carbonyl (C=O) groups excluding carboxylic acids is 1. The highest BCUT2D eigenvalue weighted by molar-refractivity contribution is 5.87. The van der Waals surface area contributed by atoms with E-state index in [0.717, 1.165) is 16.7 Å². The van der Waals surface area contributed by atoms with Crippen molar-refractivity contribution >= 4 is 5.91 Å². The lowest BCUT2D eigenvalue weighted by molar-refractivity contribution is -0.122. The zero-order valence-corrected chi connectivity index (χ0v) is 16.4. The number of nitrogens with one attached hydrogen (secondary N) is 1. The summed E-state index contributed by atoms with van der Waals surface area (Å²) >= 11 is 0. The summed E-state index contributed by atoms with van der Waals surface area (Å²) in [5.74, 6) is 0.893. The highest BCUT2D eigenvalue weighted by Crippen LogP contribution is 2.31. The van der Waals surface area contributed by atoms with Crippen molar-refractivity contribution in [2.45, 2.75) is 18.9 Å². The number of hydrogen-bond donors (Lipinski definition) is 1. The Balaban J connectivity index is 1.86. The number of methoxy groups -OCH3 is 2. The van der Waals surface area contributed by atoms with Crippen LogP contribution in [0, 0.1) is 0 Å². The van der Waals surface area contributed by atoms with E-state index in [0.29, 0.717) is 11.5 Å². The lowest BCUT2D eigenvalue weighted by atomic mass is 9.90. The van der Waals surface area contributed by atoms with Crippen molar-refractivity contribution in [2.75, 3.05) is 14.2 Å². The first-order chi connectivity index (χ1) is 13.6. The predicted octanol–water partition coefficient (Wildman–Crippen LogP) is 4.71. The second kappa shape index (κ2) is 9.09. The normalized spacial score (nSPS) is 11.7. The number of hydrogen-bond acceptors (Lipinski definition) is 3. The maximum absolute atomic E-state index is 13.2. The Morgan fingerprint density at radius 1 is 0.750 bits per heavy atom. The molecule has 144 valence electrons. The summed E-state index contributed by atoms with van der Waals surface area (Å²) in [6.45, 7) is 1.96. The lowest BCUT2D eigenvalue weighted by Gasteiger charge is -2.22. The molecule has 3 aromatic carbocycles. The number of carbonyl (C=O) groups is 1. The molecular weight excluding hydrogens is 350 g/mol. The molecule has 3 aromatic rings. The van der Waals surface area contributed by atoms with Gasteiger partial charge in [-0.15, -0.1) is 0 Å². The van der Waals surface area contributed by atoms with Gasteiger partial charge in [0.1, 0.15) is 0 Å². The zero-order chi connectivity index (χ0) is 19.9. The van der Waals surface area contributed by atoms with E-state index in [-0.39, 0.29) is 17.9 Å². The smallest absolute Gasteiger partial charge is 0.232 e. The molecule has 0 heterocycles. The molecule has 0 aromatic heterocycles. The minimum absolute atomic E-state index is 0.0420. The number of amides is 1. The maximum atomic E-state index is 13.2. The predicted molar refractivity (Wildman–Crippen MR) is 111 cm³/mol. The molecule has 0 aliphatic heterocycles. The molecule has 3 rings (SSSR count). The summed E-state index contributed by atoms with van der Waals surface area (Å²) in [6, 6.07) is 25.2. The van der Waals surface area contributed by atoms with Crippen LogP contribution in [0.15, 0.2) is 78.9 Å². The third kappa shape index (κ3) is 4.34. The van der Waals surface area contributed by atoms with Gasteiger partial charge in [0.25, 0.3) is 0 Å². The molecule has 28 heavy (non-hydrogen) atoms. The van der Waals surface area contributed by atoms with Gasteiger partial charge in [0, 0.05) is 0 Å². The van der Waals surface area contributed by atoms with Crippen LogP contribution in [0.1, 0.15) is 35.6 Å². The summed E-state index contributed by atoms with van der Waals surface area (Å²) in [4.78, 5) is 13.2. The Kier molecular flexibility index (Phi) is 6.33. The minimum Gasteiger partial charge on any atom is -0.493 e. The highest BCUT2D eigenvalue weighted by Gasteiger charge is 2.24. The van der Waals surface area contributed by atoms with E-state index in [4.69, 9.17) is 9.47 Å². The van der Waals surface area contributed by atoms with Crippen LogP contribution >= 0.6 is 0 Å². The molecule has 0 fully saturated rings. The highest BCUT2D eigenvalue weighted by atomic mass is 16.5. The van der Waals surface area contributed by atoms with Gasteiger partial charge in [-0.1, -0.05) is 66.7 Å². The van der Waals surface area contributed by atoms with Gasteiger partial charge in [-0.05, 0) is 35.7 Å². The van der Waals surface area contributed by atoms with Crippen LogP contribution in [0.3, 0.4) is 0 Å². The molecule has 1 amide bonds. The average Bonchev–Trinajstić information content (AvgIpc) is 2.74. The molecule has 0 saturated carbocycles. The summed E-state index contributed by atoms with van der Waals surface area (Å²) in [6.07, 6.45) is 0. The first-order valence-electron chi connectivity index (χ1n) is 9.26. The van der Waals surface area contributed by atoms with Crippen LogP contribution < -0.4 is 14.8 Å². The van der Waals surface area contributed by atoms with E-state index < -0.39 is 0 Å². The third-order valence-corrected chi connectivity index (χ3v) is 4.79. The summed E-state index contributed by atoms with van der Waals surface area (Å²) in [5, 5.41) is 3.15. The van der Waals surface area contributed by atoms with Gasteiger partial charge in [0.2, 0.25) is 5.91 Å². The number of benzene rings is 3. The van der Waals surface area contributed by atoms with Crippen LogP contribution in [0.2, 0.25) is 0 Å². The monoisotopic (exact) mass is 375 g/mol. The van der Waals surface area contributed by atoms with Gasteiger partial charge >= 0.3 is 0 Å². The Morgan fingerprint density at radius 3 is 1.79 bits per heavy atom. The Hall–Kier alpha value is -3.27. The van der Waals surface area contributed by atoms with Crippen LogP contribution in [-0.4, -0.2) is 20.1 Å². The van der Waals surface area contributed by atoms with Crippen molar-refractivity contribution in [2.24, 2.45) is 0 Å². The van der Waals surface area contributed by atoms with E-state index in [1.54, 1.807) is 14.2 Å².